The summed E-state index contributed by atoms with van der Waals surface area (Å²) in [4.78, 5) is 13.7. The predicted octanol–water partition coefficient (Wildman–Crippen LogP) is 3.98. The first-order valence-corrected chi connectivity index (χ1v) is 9.41. The Hall–Kier alpha value is -2.37. The fraction of sp³-hybridized carbons (Fsp3) is 0.500. The van der Waals surface area contributed by atoms with Crippen molar-refractivity contribution >= 4 is 6.03 Å². The van der Waals surface area contributed by atoms with Crippen LogP contribution in [0.25, 0.3) is 11.3 Å². The molecule has 6 heteroatoms. The normalized spacial score (nSPS) is 13.6. The lowest BCUT2D eigenvalue weighted by Gasteiger charge is -2.17. The summed E-state index contributed by atoms with van der Waals surface area (Å²) >= 11 is 0. The number of amides is 2. The second-order valence-corrected chi connectivity index (χ2v) is 7.15. The molecule has 1 aromatic carbocycles. The molecule has 0 saturated heterocycles. The van der Waals surface area contributed by atoms with Crippen LogP contribution in [0.2, 0.25) is 0 Å². The summed E-state index contributed by atoms with van der Waals surface area (Å²) < 4.78 is 13.3. The number of urea groups is 1. The quantitative estimate of drug-likeness (QED) is 0.666. The Kier molecular flexibility index (Phi) is 6.26. The number of nitrogens with zero attached hydrogens (tertiary/aromatic N) is 2. The second kappa shape index (κ2) is 8.83. The summed E-state index contributed by atoms with van der Waals surface area (Å²) in [6, 6.07) is 8.48. The van der Waals surface area contributed by atoms with Gasteiger partial charge in [-0.15, -0.1) is 0 Å². The number of benzene rings is 1. The highest BCUT2D eigenvalue weighted by molar-refractivity contribution is 5.73. The number of rotatable bonds is 9. The van der Waals surface area contributed by atoms with E-state index >= 15 is 0 Å². The minimum atomic E-state index is -0.252. The van der Waals surface area contributed by atoms with E-state index in [0.717, 1.165) is 55.7 Å². The number of hydrogen-bond donors (Lipinski definition) is 2. The van der Waals surface area contributed by atoms with Gasteiger partial charge in [0, 0.05) is 31.4 Å². The van der Waals surface area contributed by atoms with E-state index in [0.29, 0.717) is 5.92 Å². The van der Waals surface area contributed by atoms with Gasteiger partial charge in [-0.05, 0) is 56.2 Å². The van der Waals surface area contributed by atoms with Gasteiger partial charge in [-0.3, -0.25) is 5.10 Å². The number of unbranched alkanes of at least 4 members (excludes halogenated alkanes) is 2. The van der Waals surface area contributed by atoms with Gasteiger partial charge in [0.15, 0.2) is 0 Å². The van der Waals surface area contributed by atoms with Crippen LogP contribution in [-0.4, -0.2) is 41.3 Å². The van der Waals surface area contributed by atoms with Crippen LogP contribution < -0.4 is 5.32 Å². The molecule has 1 aliphatic rings. The number of aryl methyl sites for hydroxylation is 1. The molecule has 1 saturated carbocycles. The molecular weight excluding hydrogens is 331 g/mol. The fourth-order valence-electron chi connectivity index (χ4n) is 2.92. The molecule has 0 radical (unpaired) electrons. The lowest BCUT2D eigenvalue weighted by molar-refractivity contribution is 0.207. The Balaban J connectivity index is 1.33. The first kappa shape index (κ1) is 18.4. The highest BCUT2D eigenvalue weighted by Crippen LogP contribution is 2.27. The molecule has 1 aliphatic carbocycles. The molecule has 2 aromatic rings. The molecule has 1 fully saturated rings. The third kappa shape index (κ3) is 5.58. The average Bonchev–Trinajstić information content (AvgIpc) is 3.35. The van der Waals surface area contributed by atoms with Crippen LogP contribution in [0.1, 0.15) is 37.8 Å². The molecule has 0 spiro atoms. The largest absolute Gasteiger partial charge is 0.338 e. The van der Waals surface area contributed by atoms with Gasteiger partial charge in [-0.1, -0.05) is 18.6 Å². The minimum absolute atomic E-state index is 0.0326. The molecule has 1 heterocycles. The summed E-state index contributed by atoms with van der Waals surface area (Å²) in [6.45, 7) is 1.59. The van der Waals surface area contributed by atoms with E-state index in [1.807, 2.05) is 19.2 Å². The highest BCUT2D eigenvalue weighted by atomic mass is 19.1. The van der Waals surface area contributed by atoms with E-state index in [2.05, 4.69) is 15.5 Å². The van der Waals surface area contributed by atoms with E-state index in [1.54, 1.807) is 11.0 Å². The maximum atomic E-state index is 13.3. The van der Waals surface area contributed by atoms with Crippen molar-refractivity contribution in [2.45, 2.75) is 38.5 Å². The number of aromatic nitrogens is 2. The van der Waals surface area contributed by atoms with Crippen molar-refractivity contribution in [2.75, 3.05) is 20.1 Å². The molecular formula is C20H27FN4O. The van der Waals surface area contributed by atoms with Gasteiger partial charge < -0.3 is 10.2 Å². The molecule has 5 nitrogen and oxygen atoms in total. The lowest BCUT2D eigenvalue weighted by Crippen LogP contribution is -2.38. The zero-order valence-electron chi connectivity index (χ0n) is 15.3. The van der Waals surface area contributed by atoms with Crippen molar-refractivity contribution in [3.05, 3.63) is 41.8 Å². The molecule has 0 atom stereocenters. The smallest absolute Gasteiger partial charge is 0.317 e. The van der Waals surface area contributed by atoms with Crippen LogP contribution in [0.5, 0.6) is 0 Å². The van der Waals surface area contributed by atoms with Gasteiger partial charge in [0.05, 0.1) is 5.69 Å². The van der Waals surface area contributed by atoms with Crippen molar-refractivity contribution in [2.24, 2.45) is 5.92 Å². The lowest BCUT2D eigenvalue weighted by atomic mass is 10.1. The van der Waals surface area contributed by atoms with Crippen molar-refractivity contribution in [3.63, 3.8) is 0 Å². The van der Waals surface area contributed by atoms with E-state index < -0.39 is 0 Å². The molecule has 26 heavy (non-hydrogen) atoms. The molecule has 140 valence electrons. The SMILES string of the molecule is CN(CCCCCc1cc(-c2cccc(F)c2)n[nH]1)C(=O)NCC1CC1. The van der Waals surface area contributed by atoms with Crippen LogP contribution >= 0.6 is 0 Å². The van der Waals surface area contributed by atoms with E-state index in [1.165, 1.54) is 25.0 Å². The standard InChI is InChI=1S/C20H27FN4O/c1-25(20(26)22-14-15-9-10-15)11-4-2-3-8-18-13-19(24-23-18)16-6-5-7-17(21)12-16/h5-7,12-13,15H,2-4,8-11,14H2,1H3,(H,22,26)(H,23,24). The highest BCUT2D eigenvalue weighted by Gasteiger charge is 2.22. The third-order valence-corrected chi connectivity index (χ3v) is 4.78. The van der Waals surface area contributed by atoms with Crippen LogP contribution in [0, 0.1) is 11.7 Å². The van der Waals surface area contributed by atoms with Gasteiger partial charge in [-0.25, -0.2) is 9.18 Å². The van der Waals surface area contributed by atoms with Crippen LogP contribution in [0.4, 0.5) is 9.18 Å². The predicted molar refractivity (Wildman–Crippen MR) is 100 cm³/mol. The van der Waals surface area contributed by atoms with Gasteiger partial charge in [0.25, 0.3) is 0 Å². The van der Waals surface area contributed by atoms with Crippen LogP contribution in [0.3, 0.4) is 0 Å². The zero-order valence-corrected chi connectivity index (χ0v) is 15.3. The fourth-order valence-corrected chi connectivity index (χ4v) is 2.92. The Morgan fingerprint density at radius 1 is 1.31 bits per heavy atom. The number of carbonyl (C=O) groups is 1. The van der Waals surface area contributed by atoms with Gasteiger partial charge in [0.2, 0.25) is 0 Å². The minimum Gasteiger partial charge on any atom is -0.338 e. The maximum Gasteiger partial charge on any atom is 0.317 e. The molecule has 2 amide bonds. The first-order valence-electron chi connectivity index (χ1n) is 9.41. The van der Waals surface area contributed by atoms with Gasteiger partial charge >= 0.3 is 6.03 Å². The summed E-state index contributed by atoms with van der Waals surface area (Å²) in [5, 5.41) is 10.3. The summed E-state index contributed by atoms with van der Waals surface area (Å²) in [7, 11) is 1.85. The van der Waals surface area contributed by atoms with Gasteiger partial charge in [-0.2, -0.15) is 5.10 Å². The Labute approximate surface area is 154 Å². The van der Waals surface area contributed by atoms with E-state index in [4.69, 9.17) is 0 Å². The molecule has 2 N–H and O–H groups in total. The Bertz CT molecular complexity index is 726. The number of aromatic amines is 1. The number of H-pyrrole nitrogens is 1. The van der Waals surface area contributed by atoms with Crippen molar-refractivity contribution in [3.8, 4) is 11.3 Å². The number of halogens is 1. The maximum absolute atomic E-state index is 13.3. The molecule has 3 rings (SSSR count). The summed E-state index contributed by atoms with van der Waals surface area (Å²) in [5.41, 5.74) is 2.61. The zero-order chi connectivity index (χ0) is 18.4. The Morgan fingerprint density at radius 2 is 2.15 bits per heavy atom. The average molecular weight is 358 g/mol. The van der Waals surface area contributed by atoms with E-state index in [-0.39, 0.29) is 11.8 Å². The molecule has 0 unspecified atom stereocenters. The van der Waals surface area contributed by atoms with Crippen molar-refractivity contribution in [1.82, 2.24) is 20.4 Å². The van der Waals surface area contributed by atoms with Crippen LogP contribution in [0.15, 0.2) is 30.3 Å². The summed E-state index contributed by atoms with van der Waals surface area (Å²) in [5.74, 6) is 0.455. The molecule has 0 aliphatic heterocycles. The van der Waals surface area contributed by atoms with Gasteiger partial charge in [0.1, 0.15) is 5.82 Å². The van der Waals surface area contributed by atoms with Crippen LogP contribution in [-0.2, 0) is 6.42 Å². The van der Waals surface area contributed by atoms with Crippen molar-refractivity contribution < 1.29 is 9.18 Å². The van der Waals surface area contributed by atoms with Crippen molar-refractivity contribution in [1.29, 1.82) is 0 Å². The Morgan fingerprint density at radius 3 is 2.92 bits per heavy atom. The summed E-state index contributed by atoms with van der Waals surface area (Å²) in [6.07, 6.45) is 6.46. The number of carbonyl (C=O) groups excluding carboxylic acids is 1. The second-order valence-electron chi connectivity index (χ2n) is 7.15. The number of nitrogens with one attached hydrogen (secondary N) is 2. The topological polar surface area (TPSA) is 61.0 Å². The molecule has 0 bridgehead atoms. The number of hydrogen-bond acceptors (Lipinski definition) is 2. The third-order valence-electron chi connectivity index (χ3n) is 4.78. The first-order chi connectivity index (χ1) is 12.6. The molecule has 1 aromatic heterocycles. The van der Waals surface area contributed by atoms with E-state index in [9.17, 15) is 9.18 Å². The monoisotopic (exact) mass is 358 g/mol.